The molecule has 4 N–H and O–H groups in total. The number of imidazole rings is 1. The highest BCUT2D eigenvalue weighted by molar-refractivity contribution is 6.04. The summed E-state index contributed by atoms with van der Waals surface area (Å²) >= 11 is 0. The Labute approximate surface area is 245 Å². The molecule has 1 aromatic carbocycles. The van der Waals surface area contributed by atoms with Gasteiger partial charge in [-0.2, -0.15) is 13.2 Å². The SMILES string of the molecule is Nc1ncc2n3c(nc(-c4ccc(C(=O)Nc5cc(C(F)(F)F)ccn5)cc4)c13)[C@@H]1CCC[C@H](C1)NC(=O)CCC/C=C/2. The van der Waals surface area contributed by atoms with E-state index in [4.69, 9.17) is 10.7 Å². The molecule has 0 spiro atoms. The predicted molar refractivity (Wildman–Crippen MR) is 156 cm³/mol. The first-order valence-corrected chi connectivity index (χ1v) is 14.2. The maximum absolute atomic E-state index is 13.1. The zero-order valence-electron chi connectivity index (χ0n) is 23.2. The monoisotopic (exact) mass is 589 g/mol. The molecule has 9 nitrogen and oxygen atoms in total. The van der Waals surface area contributed by atoms with Gasteiger partial charge in [-0.05, 0) is 62.4 Å². The maximum atomic E-state index is 13.1. The van der Waals surface area contributed by atoms with Crippen molar-refractivity contribution < 1.29 is 22.8 Å². The van der Waals surface area contributed by atoms with Crippen LogP contribution in [0.15, 0.2) is 54.9 Å². The van der Waals surface area contributed by atoms with Gasteiger partial charge in [-0.1, -0.05) is 24.6 Å². The molecule has 0 saturated heterocycles. The summed E-state index contributed by atoms with van der Waals surface area (Å²) in [6.45, 7) is 0. The third kappa shape index (κ3) is 5.95. The van der Waals surface area contributed by atoms with E-state index in [1.165, 1.54) is 0 Å². The number of carbonyl (C=O) groups is 2. The van der Waals surface area contributed by atoms with E-state index in [0.29, 0.717) is 29.0 Å². The smallest absolute Gasteiger partial charge is 0.382 e. The van der Waals surface area contributed by atoms with E-state index in [2.05, 4.69) is 25.0 Å². The highest BCUT2D eigenvalue weighted by Gasteiger charge is 2.32. The minimum atomic E-state index is -4.55. The van der Waals surface area contributed by atoms with Gasteiger partial charge in [-0.15, -0.1) is 0 Å². The zero-order chi connectivity index (χ0) is 30.1. The van der Waals surface area contributed by atoms with Crippen LogP contribution in [0.2, 0.25) is 0 Å². The molecule has 2 amide bonds. The standard InChI is InChI=1S/C31H30F3N7O2/c32-31(33,34)21-13-14-36-24(16-21)39-30(43)19-11-9-18(10-12-19)26-27-28(35)37-17-23-7-2-1-3-8-25(42)38-22-6-4-5-20(15-22)29(40-26)41(23)27/h2,7,9-14,16-17,20,22H,1,3-6,8,15H2,(H2,35,37)(H,38,42)(H,36,39,43)/b7-2+/t20-,22-/m1/s1. The van der Waals surface area contributed by atoms with Crippen LogP contribution in [0.4, 0.5) is 24.8 Å². The van der Waals surface area contributed by atoms with E-state index in [0.717, 1.165) is 68.4 Å². The lowest BCUT2D eigenvalue weighted by atomic mass is 9.85. The largest absolute Gasteiger partial charge is 0.416 e. The summed E-state index contributed by atoms with van der Waals surface area (Å²) in [6.07, 6.45) is 7.72. The first kappa shape index (κ1) is 28.4. The fourth-order valence-corrected chi connectivity index (χ4v) is 5.87. The number of hydrogen-bond acceptors (Lipinski definition) is 6. The van der Waals surface area contributed by atoms with Crippen LogP contribution in [0, 0.1) is 0 Å². The van der Waals surface area contributed by atoms with Crippen LogP contribution >= 0.6 is 0 Å². The molecule has 1 saturated carbocycles. The van der Waals surface area contributed by atoms with Gasteiger partial charge in [-0.25, -0.2) is 15.0 Å². The predicted octanol–water partition coefficient (Wildman–Crippen LogP) is 5.98. The number of anilines is 2. The number of rotatable bonds is 3. The van der Waals surface area contributed by atoms with E-state index in [9.17, 15) is 22.8 Å². The number of aromatic nitrogens is 4. The number of fused-ring (bicyclic) bond motifs is 3. The second-order valence-corrected chi connectivity index (χ2v) is 11.0. The number of amides is 2. The molecular formula is C31H30F3N7O2. The van der Waals surface area contributed by atoms with Gasteiger partial charge in [0.2, 0.25) is 5.91 Å². The van der Waals surface area contributed by atoms with Gasteiger partial charge in [0.25, 0.3) is 5.91 Å². The summed E-state index contributed by atoms with van der Waals surface area (Å²) in [5.41, 5.74) is 8.59. The van der Waals surface area contributed by atoms with E-state index in [-0.39, 0.29) is 29.2 Å². The van der Waals surface area contributed by atoms with Crippen molar-refractivity contribution in [1.29, 1.82) is 0 Å². The number of pyridine rings is 1. The molecule has 222 valence electrons. The second kappa shape index (κ2) is 11.5. The highest BCUT2D eigenvalue weighted by Crippen LogP contribution is 2.38. The number of alkyl halides is 3. The molecule has 6 rings (SSSR count). The maximum Gasteiger partial charge on any atom is 0.416 e. The topological polar surface area (TPSA) is 127 Å². The van der Waals surface area contributed by atoms with Crippen molar-refractivity contribution in [3.8, 4) is 11.3 Å². The number of halogens is 3. The molecule has 12 heteroatoms. The first-order valence-electron chi connectivity index (χ1n) is 14.2. The Morgan fingerprint density at radius 1 is 1.09 bits per heavy atom. The number of nitrogens with zero attached hydrogens (tertiary/aromatic N) is 4. The molecule has 0 unspecified atom stereocenters. The third-order valence-electron chi connectivity index (χ3n) is 7.96. The zero-order valence-corrected chi connectivity index (χ0v) is 23.2. The molecule has 2 bridgehead atoms. The van der Waals surface area contributed by atoms with Crippen molar-refractivity contribution in [2.45, 2.75) is 63.1 Å². The summed E-state index contributed by atoms with van der Waals surface area (Å²) in [4.78, 5) is 38.7. The molecule has 0 radical (unpaired) electrons. The Hall–Kier alpha value is -4.74. The lowest BCUT2D eigenvalue weighted by Crippen LogP contribution is -2.38. The van der Waals surface area contributed by atoms with Crippen LogP contribution < -0.4 is 16.4 Å². The van der Waals surface area contributed by atoms with Crippen molar-refractivity contribution in [3.63, 3.8) is 0 Å². The lowest BCUT2D eigenvalue weighted by Gasteiger charge is -2.29. The quantitative estimate of drug-likeness (QED) is 0.270. The summed E-state index contributed by atoms with van der Waals surface area (Å²) in [7, 11) is 0. The molecule has 4 aromatic rings. The van der Waals surface area contributed by atoms with Crippen LogP contribution in [0.3, 0.4) is 0 Å². The molecule has 3 aromatic heterocycles. The minimum absolute atomic E-state index is 0.0718. The molecule has 43 heavy (non-hydrogen) atoms. The molecule has 4 heterocycles. The van der Waals surface area contributed by atoms with Crippen LogP contribution in [-0.4, -0.2) is 37.2 Å². The number of hydrogen-bond donors (Lipinski definition) is 3. The number of benzene rings is 1. The second-order valence-electron chi connectivity index (χ2n) is 11.0. The van der Waals surface area contributed by atoms with Gasteiger partial charge in [0, 0.05) is 35.7 Å². The first-order chi connectivity index (χ1) is 20.7. The number of carbonyl (C=O) groups excluding carboxylic acids is 2. The van der Waals surface area contributed by atoms with Crippen LogP contribution in [0.25, 0.3) is 22.9 Å². The van der Waals surface area contributed by atoms with Gasteiger partial charge < -0.3 is 16.4 Å². The number of nitrogens with one attached hydrogen (secondary N) is 2. The molecule has 1 aliphatic heterocycles. The fourth-order valence-electron chi connectivity index (χ4n) is 5.87. The fraction of sp³-hybridized carbons (Fsp3) is 0.323. The van der Waals surface area contributed by atoms with E-state index in [1.807, 2.05) is 12.2 Å². The Bertz CT molecular complexity index is 1710. The van der Waals surface area contributed by atoms with E-state index < -0.39 is 17.6 Å². The average molecular weight is 590 g/mol. The normalized spacial score (nSPS) is 19.9. The Morgan fingerprint density at radius 2 is 1.91 bits per heavy atom. The average Bonchev–Trinajstić information content (AvgIpc) is 3.40. The van der Waals surface area contributed by atoms with Gasteiger partial charge in [0.1, 0.15) is 28.7 Å². The van der Waals surface area contributed by atoms with Crippen LogP contribution in [0.5, 0.6) is 0 Å². The van der Waals surface area contributed by atoms with Crippen molar-refractivity contribution in [2.24, 2.45) is 0 Å². The molecule has 2 aliphatic rings. The van der Waals surface area contributed by atoms with Gasteiger partial charge in [0.15, 0.2) is 0 Å². The molecular weight excluding hydrogens is 559 g/mol. The van der Waals surface area contributed by atoms with E-state index in [1.54, 1.807) is 30.5 Å². The Kier molecular flexibility index (Phi) is 7.59. The van der Waals surface area contributed by atoms with Crippen LogP contribution in [0.1, 0.15) is 78.3 Å². The Morgan fingerprint density at radius 3 is 2.70 bits per heavy atom. The summed E-state index contributed by atoms with van der Waals surface area (Å²) in [5.74, 6) is 0.514. The van der Waals surface area contributed by atoms with E-state index >= 15 is 0 Å². The Balaban J connectivity index is 1.36. The molecule has 2 atom stereocenters. The summed E-state index contributed by atoms with van der Waals surface area (Å²) in [6, 6.07) is 8.31. The van der Waals surface area contributed by atoms with Crippen molar-refractivity contribution >= 4 is 35.0 Å². The van der Waals surface area contributed by atoms with Gasteiger partial charge in [-0.3, -0.25) is 14.0 Å². The van der Waals surface area contributed by atoms with Crippen molar-refractivity contribution in [3.05, 3.63) is 77.5 Å². The highest BCUT2D eigenvalue weighted by atomic mass is 19.4. The number of nitrogens with two attached hydrogens (primary N) is 1. The molecule has 1 fully saturated rings. The van der Waals surface area contributed by atoms with Gasteiger partial charge in [0.05, 0.1) is 17.5 Å². The number of nitrogen functional groups attached to an aromatic ring is 1. The van der Waals surface area contributed by atoms with Gasteiger partial charge >= 0.3 is 6.18 Å². The van der Waals surface area contributed by atoms with Crippen LogP contribution in [-0.2, 0) is 11.0 Å². The summed E-state index contributed by atoms with van der Waals surface area (Å²) < 4.78 is 41.3. The third-order valence-corrected chi connectivity index (χ3v) is 7.96. The van der Waals surface area contributed by atoms with Crippen molar-refractivity contribution in [1.82, 2.24) is 24.7 Å². The minimum Gasteiger partial charge on any atom is -0.382 e. The summed E-state index contributed by atoms with van der Waals surface area (Å²) in [5, 5.41) is 5.63. The van der Waals surface area contributed by atoms with Crippen molar-refractivity contribution in [2.75, 3.05) is 11.1 Å². The number of allylic oxidation sites excluding steroid dienone is 1. The lowest BCUT2D eigenvalue weighted by molar-refractivity contribution is -0.137. The molecule has 1 aliphatic carbocycles.